The quantitative estimate of drug-likeness (QED) is 0.522. The second-order valence-electron chi connectivity index (χ2n) is 9.58. The van der Waals surface area contributed by atoms with E-state index in [1.165, 1.54) is 5.56 Å². The zero-order chi connectivity index (χ0) is 24.3. The minimum Gasteiger partial charge on any atom is -0.454 e. The monoisotopic (exact) mass is 489 g/mol. The van der Waals surface area contributed by atoms with Gasteiger partial charge >= 0.3 is 0 Å². The molecule has 1 aromatic carbocycles. The number of anilines is 1. The van der Waals surface area contributed by atoms with Gasteiger partial charge in [-0.25, -0.2) is 9.97 Å². The van der Waals surface area contributed by atoms with Crippen molar-refractivity contribution < 1.29 is 14.3 Å². The van der Waals surface area contributed by atoms with Crippen molar-refractivity contribution in [3.63, 3.8) is 0 Å². The summed E-state index contributed by atoms with van der Waals surface area (Å²) in [6.07, 6.45) is 10.8. The van der Waals surface area contributed by atoms with E-state index in [1.807, 2.05) is 23.2 Å². The number of ether oxygens (including phenoxy) is 2. The van der Waals surface area contributed by atoms with Gasteiger partial charge in [0.15, 0.2) is 11.5 Å². The van der Waals surface area contributed by atoms with Crippen molar-refractivity contribution in [1.82, 2.24) is 29.3 Å². The Morgan fingerprint density at radius 3 is 2.75 bits per heavy atom. The highest BCUT2D eigenvalue weighted by molar-refractivity contribution is 5.77. The van der Waals surface area contributed by atoms with E-state index in [0.29, 0.717) is 19.2 Å². The average molecular weight is 490 g/mol. The van der Waals surface area contributed by atoms with Crippen LogP contribution in [0.4, 0.5) is 5.82 Å². The maximum absolute atomic E-state index is 13.3. The first-order valence-electron chi connectivity index (χ1n) is 12.7. The van der Waals surface area contributed by atoms with Crippen LogP contribution in [0.2, 0.25) is 0 Å². The van der Waals surface area contributed by atoms with Gasteiger partial charge in [0, 0.05) is 70.3 Å². The first-order chi connectivity index (χ1) is 17.7. The minimum absolute atomic E-state index is 0.156. The fourth-order valence-electron chi connectivity index (χ4n) is 5.30. The Bertz CT molecular complexity index is 1190. The Morgan fingerprint density at radius 1 is 1.00 bits per heavy atom. The molecule has 1 unspecified atom stereocenters. The predicted octanol–water partition coefficient (Wildman–Crippen LogP) is 2.48. The number of aromatic nitrogens is 4. The zero-order valence-corrected chi connectivity index (χ0v) is 20.3. The molecule has 36 heavy (non-hydrogen) atoms. The normalized spacial score (nSPS) is 20.1. The lowest BCUT2D eigenvalue weighted by Gasteiger charge is -2.39. The lowest BCUT2D eigenvalue weighted by atomic mass is 9.98. The summed E-state index contributed by atoms with van der Waals surface area (Å²) >= 11 is 0. The summed E-state index contributed by atoms with van der Waals surface area (Å²) in [6, 6.07) is 8.22. The molecule has 3 aliphatic heterocycles. The molecule has 10 nitrogen and oxygen atoms in total. The second-order valence-corrected chi connectivity index (χ2v) is 9.58. The Morgan fingerprint density at radius 2 is 1.89 bits per heavy atom. The number of carbonyl (C=O) groups excluding carboxylic acids is 1. The van der Waals surface area contributed by atoms with Crippen LogP contribution in [-0.4, -0.2) is 80.8 Å². The van der Waals surface area contributed by atoms with Crippen LogP contribution in [-0.2, 0) is 11.3 Å². The molecular formula is C26H31N7O3. The first kappa shape index (κ1) is 22.8. The number of amides is 1. The minimum atomic E-state index is 0.156. The maximum atomic E-state index is 13.3. The van der Waals surface area contributed by atoms with Gasteiger partial charge in [-0.1, -0.05) is 6.07 Å². The van der Waals surface area contributed by atoms with Crippen molar-refractivity contribution in [2.24, 2.45) is 0 Å². The number of imidazole rings is 1. The smallest absolute Gasteiger partial charge is 0.236 e. The maximum Gasteiger partial charge on any atom is 0.236 e. The largest absolute Gasteiger partial charge is 0.454 e. The molecule has 5 heterocycles. The van der Waals surface area contributed by atoms with Crippen LogP contribution in [0, 0.1) is 0 Å². The van der Waals surface area contributed by atoms with Gasteiger partial charge in [-0.3, -0.25) is 14.3 Å². The molecule has 0 N–H and O–H groups in total. The van der Waals surface area contributed by atoms with E-state index in [0.717, 1.165) is 75.8 Å². The van der Waals surface area contributed by atoms with Crippen LogP contribution < -0.4 is 14.4 Å². The van der Waals surface area contributed by atoms with Crippen LogP contribution in [0.3, 0.4) is 0 Å². The molecule has 3 aromatic rings. The van der Waals surface area contributed by atoms with Crippen LogP contribution in [0.15, 0.2) is 49.2 Å². The van der Waals surface area contributed by atoms with Crippen molar-refractivity contribution >= 4 is 11.7 Å². The molecule has 3 aliphatic rings. The standard InChI is InChI=1S/C26H31N7O3/c34-25(31-13-11-30(12-14-31)17-20-4-5-22-23(15-20)36-19-35-22)16-21-3-1-2-9-33(21)24-6-7-28-26(29-24)32-10-8-27-18-32/h4-8,10,15,18,21H,1-3,9,11-14,16-17,19H2. The number of hydrogen-bond acceptors (Lipinski definition) is 8. The number of hydrogen-bond donors (Lipinski definition) is 0. The van der Waals surface area contributed by atoms with Crippen LogP contribution >= 0.6 is 0 Å². The van der Waals surface area contributed by atoms with Crippen molar-refractivity contribution in [1.29, 1.82) is 0 Å². The highest BCUT2D eigenvalue weighted by Gasteiger charge is 2.29. The van der Waals surface area contributed by atoms with Crippen LogP contribution in [0.5, 0.6) is 11.5 Å². The Hall–Kier alpha value is -3.66. The summed E-state index contributed by atoms with van der Waals surface area (Å²) in [5.41, 5.74) is 1.21. The first-order valence-corrected chi connectivity index (χ1v) is 12.7. The van der Waals surface area contributed by atoms with Crippen molar-refractivity contribution in [3.8, 4) is 17.4 Å². The Kier molecular flexibility index (Phi) is 6.42. The molecule has 0 saturated carbocycles. The van der Waals surface area contributed by atoms with E-state index in [9.17, 15) is 4.79 Å². The van der Waals surface area contributed by atoms with Crippen molar-refractivity contribution in [2.75, 3.05) is 44.4 Å². The van der Waals surface area contributed by atoms with E-state index >= 15 is 0 Å². The highest BCUT2D eigenvalue weighted by Crippen LogP contribution is 2.33. The van der Waals surface area contributed by atoms with Gasteiger partial charge < -0.3 is 19.3 Å². The molecule has 0 spiro atoms. The van der Waals surface area contributed by atoms with E-state index in [1.54, 1.807) is 23.3 Å². The fraction of sp³-hybridized carbons (Fsp3) is 0.462. The number of carbonyl (C=O) groups is 1. The third-order valence-electron chi connectivity index (χ3n) is 7.26. The van der Waals surface area contributed by atoms with E-state index in [2.05, 4.69) is 31.9 Å². The van der Waals surface area contributed by atoms with Gasteiger partial charge in [0.1, 0.15) is 12.1 Å². The molecule has 2 aromatic heterocycles. The number of piperidine rings is 1. The molecule has 1 amide bonds. The summed E-state index contributed by atoms with van der Waals surface area (Å²) in [5, 5.41) is 0. The molecule has 0 bridgehead atoms. The summed E-state index contributed by atoms with van der Waals surface area (Å²) in [6.45, 7) is 5.30. The van der Waals surface area contributed by atoms with Crippen LogP contribution in [0.25, 0.3) is 5.95 Å². The van der Waals surface area contributed by atoms with E-state index < -0.39 is 0 Å². The lowest BCUT2D eigenvalue weighted by Crippen LogP contribution is -2.50. The molecule has 6 rings (SSSR count). The van der Waals surface area contributed by atoms with Crippen LogP contribution in [0.1, 0.15) is 31.2 Å². The van der Waals surface area contributed by atoms with E-state index in [-0.39, 0.29) is 11.9 Å². The number of piperazine rings is 1. The summed E-state index contributed by atoms with van der Waals surface area (Å²) < 4.78 is 12.7. The molecule has 2 saturated heterocycles. The third-order valence-corrected chi connectivity index (χ3v) is 7.26. The zero-order valence-electron chi connectivity index (χ0n) is 20.3. The molecule has 188 valence electrons. The van der Waals surface area contributed by atoms with Gasteiger partial charge in [-0.2, -0.15) is 4.98 Å². The summed E-state index contributed by atoms with van der Waals surface area (Å²) in [5.74, 6) is 3.34. The molecular weight excluding hydrogens is 458 g/mol. The second kappa shape index (κ2) is 10.1. The Labute approximate surface area is 210 Å². The van der Waals surface area contributed by atoms with Gasteiger partial charge in [-0.15, -0.1) is 0 Å². The number of rotatable bonds is 6. The van der Waals surface area contributed by atoms with E-state index in [4.69, 9.17) is 14.5 Å². The van der Waals surface area contributed by atoms with Gasteiger partial charge in [0.25, 0.3) is 0 Å². The fourth-order valence-corrected chi connectivity index (χ4v) is 5.30. The third kappa shape index (κ3) is 4.86. The number of fused-ring (bicyclic) bond motifs is 1. The topological polar surface area (TPSA) is 88.9 Å². The Balaban J connectivity index is 1.05. The number of benzene rings is 1. The van der Waals surface area contributed by atoms with Gasteiger partial charge in [0.05, 0.1) is 0 Å². The van der Waals surface area contributed by atoms with Crippen molar-refractivity contribution in [2.45, 2.75) is 38.3 Å². The van der Waals surface area contributed by atoms with Crippen molar-refractivity contribution in [3.05, 3.63) is 54.7 Å². The molecule has 0 aliphatic carbocycles. The lowest BCUT2D eigenvalue weighted by molar-refractivity contribution is -0.133. The number of nitrogens with zero attached hydrogens (tertiary/aromatic N) is 7. The van der Waals surface area contributed by atoms with Gasteiger partial charge in [0.2, 0.25) is 18.6 Å². The predicted molar refractivity (Wildman–Crippen MR) is 133 cm³/mol. The molecule has 1 atom stereocenters. The van der Waals surface area contributed by atoms with Gasteiger partial charge in [-0.05, 0) is 43.0 Å². The summed E-state index contributed by atoms with van der Waals surface area (Å²) in [7, 11) is 0. The average Bonchev–Trinajstić information content (AvgIpc) is 3.62. The molecule has 0 radical (unpaired) electrons. The summed E-state index contributed by atoms with van der Waals surface area (Å²) in [4.78, 5) is 33.3. The molecule has 2 fully saturated rings. The molecule has 10 heteroatoms. The highest BCUT2D eigenvalue weighted by atomic mass is 16.7. The SMILES string of the molecule is O=C(CC1CCCCN1c1ccnc(-n2ccnc2)n1)N1CCN(Cc2ccc3c(c2)OCO3)CC1.